The molecule has 1 aromatic heterocycles. The van der Waals surface area contributed by atoms with E-state index in [0.717, 1.165) is 27.7 Å². The van der Waals surface area contributed by atoms with Gasteiger partial charge in [0.05, 0.1) is 17.1 Å². The molecule has 28 heavy (non-hydrogen) atoms. The van der Waals surface area contributed by atoms with Crippen molar-refractivity contribution in [2.24, 2.45) is 5.92 Å². The molecule has 3 aromatic rings. The van der Waals surface area contributed by atoms with Crippen molar-refractivity contribution in [1.29, 1.82) is 0 Å². The fourth-order valence-corrected chi connectivity index (χ4v) is 4.14. The zero-order chi connectivity index (χ0) is 19.8. The predicted octanol–water partition coefficient (Wildman–Crippen LogP) is 4.15. The molecule has 1 N–H and O–H groups in total. The van der Waals surface area contributed by atoms with Crippen LogP contribution in [-0.4, -0.2) is 23.3 Å². The minimum Gasteiger partial charge on any atom is -0.324 e. The summed E-state index contributed by atoms with van der Waals surface area (Å²) in [5.41, 5.74) is 5.65. The molecule has 2 heterocycles. The Kier molecular flexibility index (Phi) is 4.59. The van der Waals surface area contributed by atoms with Crippen LogP contribution in [0.1, 0.15) is 23.1 Å². The molecule has 0 spiro atoms. The largest absolute Gasteiger partial charge is 0.324 e. The normalized spacial score (nSPS) is 16.6. The van der Waals surface area contributed by atoms with E-state index < -0.39 is 0 Å². The Morgan fingerprint density at radius 2 is 1.82 bits per heavy atom. The van der Waals surface area contributed by atoms with Crippen LogP contribution in [0.4, 0.5) is 11.4 Å². The lowest BCUT2D eigenvalue weighted by atomic mass is 10.0. The lowest BCUT2D eigenvalue weighted by Crippen LogP contribution is -2.29. The van der Waals surface area contributed by atoms with Crippen LogP contribution in [0.5, 0.6) is 0 Å². The van der Waals surface area contributed by atoms with E-state index in [4.69, 9.17) is 0 Å². The van der Waals surface area contributed by atoms with Crippen LogP contribution in [-0.2, 0) is 9.59 Å². The first-order valence-electron chi connectivity index (χ1n) is 9.47. The molecule has 0 radical (unpaired) electrons. The van der Waals surface area contributed by atoms with Crippen LogP contribution in [0, 0.1) is 26.7 Å². The lowest BCUT2D eigenvalue weighted by molar-refractivity contribution is -0.122. The maximum atomic E-state index is 12.9. The molecule has 4 rings (SSSR count). The van der Waals surface area contributed by atoms with Gasteiger partial charge in [0.2, 0.25) is 11.8 Å². The summed E-state index contributed by atoms with van der Waals surface area (Å²) in [6.45, 7) is 6.47. The van der Waals surface area contributed by atoms with E-state index >= 15 is 0 Å². The number of nitrogens with zero attached hydrogens (tertiary/aromatic N) is 2. The van der Waals surface area contributed by atoms with Gasteiger partial charge in [-0.2, -0.15) is 0 Å². The van der Waals surface area contributed by atoms with E-state index in [1.54, 1.807) is 11.1 Å². The van der Waals surface area contributed by atoms with Crippen molar-refractivity contribution < 1.29 is 9.59 Å². The van der Waals surface area contributed by atoms with Gasteiger partial charge in [-0.3, -0.25) is 14.6 Å². The second kappa shape index (κ2) is 7.08. The van der Waals surface area contributed by atoms with Gasteiger partial charge in [-0.25, -0.2) is 0 Å². The van der Waals surface area contributed by atoms with Crippen molar-refractivity contribution in [1.82, 2.24) is 4.98 Å². The average Bonchev–Trinajstić information content (AvgIpc) is 3.03. The van der Waals surface area contributed by atoms with Crippen LogP contribution in [0.15, 0.2) is 48.7 Å². The number of fused-ring (bicyclic) bond motifs is 1. The van der Waals surface area contributed by atoms with Crippen molar-refractivity contribution in [3.05, 3.63) is 65.4 Å². The van der Waals surface area contributed by atoms with E-state index in [1.165, 1.54) is 5.56 Å². The summed E-state index contributed by atoms with van der Waals surface area (Å²) >= 11 is 0. The molecule has 2 aromatic carbocycles. The molecule has 142 valence electrons. The maximum Gasteiger partial charge on any atom is 0.229 e. The summed E-state index contributed by atoms with van der Waals surface area (Å²) in [5.74, 6) is -0.533. The van der Waals surface area contributed by atoms with Crippen LogP contribution >= 0.6 is 0 Å². The molecular formula is C23H23N3O2. The topological polar surface area (TPSA) is 62.3 Å². The summed E-state index contributed by atoms with van der Waals surface area (Å²) in [4.78, 5) is 31.7. The van der Waals surface area contributed by atoms with Gasteiger partial charge in [-0.05, 0) is 44.0 Å². The smallest absolute Gasteiger partial charge is 0.229 e. The van der Waals surface area contributed by atoms with Gasteiger partial charge in [0.25, 0.3) is 0 Å². The molecule has 0 aliphatic carbocycles. The van der Waals surface area contributed by atoms with Gasteiger partial charge in [0, 0.05) is 30.2 Å². The summed E-state index contributed by atoms with van der Waals surface area (Å²) in [7, 11) is 0. The van der Waals surface area contributed by atoms with E-state index in [0.29, 0.717) is 12.2 Å². The van der Waals surface area contributed by atoms with Crippen LogP contribution in [0.2, 0.25) is 0 Å². The molecule has 2 amide bonds. The number of para-hydroxylation sites is 1. The van der Waals surface area contributed by atoms with E-state index in [9.17, 15) is 9.59 Å². The number of hydrogen-bond donors (Lipinski definition) is 1. The van der Waals surface area contributed by atoms with Crippen molar-refractivity contribution in [3.63, 3.8) is 0 Å². The maximum absolute atomic E-state index is 12.9. The number of hydrogen-bond acceptors (Lipinski definition) is 3. The zero-order valence-corrected chi connectivity index (χ0v) is 16.3. The highest BCUT2D eigenvalue weighted by Crippen LogP contribution is 2.32. The second-order valence-corrected chi connectivity index (χ2v) is 7.52. The number of pyridine rings is 1. The van der Waals surface area contributed by atoms with Gasteiger partial charge >= 0.3 is 0 Å². The van der Waals surface area contributed by atoms with Crippen molar-refractivity contribution >= 4 is 34.1 Å². The molecule has 5 nitrogen and oxygen atoms in total. The molecule has 1 saturated heterocycles. The molecule has 1 atom stereocenters. The highest BCUT2D eigenvalue weighted by atomic mass is 16.2. The molecule has 1 unspecified atom stereocenters. The Bertz CT molecular complexity index is 1060. The third-order valence-corrected chi connectivity index (χ3v) is 5.29. The highest BCUT2D eigenvalue weighted by Gasteiger charge is 2.36. The average molecular weight is 373 g/mol. The highest BCUT2D eigenvalue weighted by molar-refractivity contribution is 6.06. The molecule has 1 fully saturated rings. The monoisotopic (exact) mass is 373 g/mol. The molecule has 0 saturated carbocycles. The summed E-state index contributed by atoms with van der Waals surface area (Å²) in [5, 5.41) is 3.95. The van der Waals surface area contributed by atoms with Crippen LogP contribution in [0.25, 0.3) is 10.9 Å². The SMILES string of the molecule is Cc1cc(C)c(N2CC(C(=O)Nc3cccc4cccnc34)CC2=O)c(C)c1. The van der Waals surface area contributed by atoms with Gasteiger partial charge < -0.3 is 10.2 Å². The zero-order valence-electron chi connectivity index (χ0n) is 16.3. The number of benzene rings is 2. The second-order valence-electron chi connectivity index (χ2n) is 7.52. The third kappa shape index (κ3) is 3.24. The number of rotatable bonds is 3. The standard InChI is InChI=1S/C23H23N3O2/c1-14-10-15(2)22(16(3)11-14)26-13-18(12-20(26)27)23(28)25-19-8-4-6-17-7-5-9-24-21(17)19/h4-11,18H,12-13H2,1-3H3,(H,25,28). The fraction of sp³-hybridized carbons (Fsp3) is 0.261. The van der Waals surface area contributed by atoms with Crippen LogP contribution < -0.4 is 10.2 Å². The molecule has 5 heteroatoms. The van der Waals surface area contributed by atoms with E-state index in [-0.39, 0.29) is 24.2 Å². The van der Waals surface area contributed by atoms with Gasteiger partial charge in [-0.1, -0.05) is 35.9 Å². The number of amides is 2. The minimum atomic E-state index is -0.383. The number of carbonyl (C=O) groups excluding carboxylic acids is 2. The Hall–Kier alpha value is -3.21. The predicted molar refractivity (Wildman–Crippen MR) is 111 cm³/mol. The van der Waals surface area contributed by atoms with Crippen molar-refractivity contribution in [2.45, 2.75) is 27.2 Å². The Morgan fingerprint density at radius 3 is 2.57 bits per heavy atom. The number of aryl methyl sites for hydroxylation is 3. The third-order valence-electron chi connectivity index (χ3n) is 5.29. The Balaban J connectivity index is 1.56. The number of anilines is 2. The number of aromatic nitrogens is 1. The molecule has 1 aliphatic rings. The number of carbonyl (C=O) groups is 2. The molecule has 1 aliphatic heterocycles. The van der Waals surface area contributed by atoms with Crippen molar-refractivity contribution in [2.75, 3.05) is 16.8 Å². The van der Waals surface area contributed by atoms with Crippen LogP contribution in [0.3, 0.4) is 0 Å². The minimum absolute atomic E-state index is 0.00810. The molecule has 0 bridgehead atoms. The van der Waals surface area contributed by atoms with Crippen molar-refractivity contribution in [3.8, 4) is 0 Å². The summed E-state index contributed by atoms with van der Waals surface area (Å²) < 4.78 is 0. The molecular weight excluding hydrogens is 350 g/mol. The van der Waals surface area contributed by atoms with E-state index in [2.05, 4.69) is 22.4 Å². The number of nitrogens with one attached hydrogen (secondary N) is 1. The quantitative estimate of drug-likeness (QED) is 0.750. The van der Waals surface area contributed by atoms with E-state index in [1.807, 2.05) is 51.1 Å². The summed E-state index contributed by atoms with van der Waals surface area (Å²) in [6.07, 6.45) is 1.93. The fourth-order valence-electron chi connectivity index (χ4n) is 4.14. The first kappa shape index (κ1) is 18.2. The van der Waals surface area contributed by atoms with Gasteiger partial charge in [0.1, 0.15) is 0 Å². The van der Waals surface area contributed by atoms with Gasteiger partial charge in [-0.15, -0.1) is 0 Å². The lowest BCUT2D eigenvalue weighted by Gasteiger charge is -2.22. The Morgan fingerprint density at radius 1 is 1.11 bits per heavy atom. The Labute approximate surface area is 164 Å². The first-order chi connectivity index (χ1) is 13.4. The van der Waals surface area contributed by atoms with Gasteiger partial charge in [0.15, 0.2) is 0 Å². The summed E-state index contributed by atoms with van der Waals surface area (Å²) in [6, 6.07) is 13.7. The first-order valence-corrected chi connectivity index (χ1v) is 9.47.